The lowest BCUT2D eigenvalue weighted by atomic mass is 10.3. The molecule has 1 N–H and O–H groups in total. The highest BCUT2D eigenvalue weighted by Crippen LogP contribution is 2.44. The Morgan fingerprint density at radius 3 is 1.48 bits per heavy atom. The van der Waals surface area contributed by atoms with Crippen LogP contribution in [0.5, 0.6) is 17.2 Å². The first kappa shape index (κ1) is 22.0. The fraction of sp³-hybridized carbons (Fsp3) is 0.136. The summed E-state index contributed by atoms with van der Waals surface area (Å²) < 4.78 is 16.8. The molecular weight excluding hydrogens is 392 g/mol. The fourth-order valence-corrected chi connectivity index (χ4v) is 4.95. The lowest BCUT2D eigenvalue weighted by molar-refractivity contribution is -0.275. The van der Waals surface area contributed by atoms with Crippen molar-refractivity contribution >= 4 is 17.1 Å². The SMILES string of the molecule is COc1cc(OC)c([S+](c2ccccc2)c2ccccc2)c(OC)c1.O=C([O-])O. The third-order valence-electron chi connectivity index (χ3n) is 3.83. The van der Waals surface area contributed by atoms with E-state index >= 15 is 0 Å². The van der Waals surface area contributed by atoms with Crippen molar-refractivity contribution in [1.82, 2.24) is 0 Å². The topological polar surface area (TPSA) is 88.1 Å². The van der Waals surface area contributed by atoms with Crippen LogP contribution in [0, 0.1) is 0 Å². The summed E-state index contributed by atoms with van der Waals surface area (Å²) in [5, 5.41) is 15.3. The minimum atomic E-state index is -2.08. The summed E-state index contributed by atoms with van der Waals surface area (Å²) in [6, 6.07) is 24.6. The summed E-state index contributed by atoms with van der Waals surface area (Å²) in [6.45, 7) is 0. The average Bonchev–Trinajstić information content (AvgIpc) is 2.75. The number of benzene rings is 3. The Morgan fingerprint density at radius 1 is 0.793 bits per heavy atom. The van der Waals surface area contributed by atoms with E-state index in [2.05, 4.69) is 48.5 Å². The fourth-order valence-electron chi connectivity index (χ4n) is 2.66. The van der Waals surface area contributed by atoms with Gasteiger partial charge in [0.1, 0.15) is 16.6 Å². The molecule has 7 heteroatoms. The second-order valence-electron chi connectivity index (χ2n) is 5.56. The molecule has 3 rings (SSSR count). The lowest BCUT2D eigenvalue weighted by Crippen LogP contribution is -2.17. The number of carboxylic acid groups (broad SMARTS) is 2. The zero-order chi connectivity index (χ0) is 21.2. The molecule has 3 aromatic rings. The Morgan fingerprint density at radius 2 is 1.17 bits per heavy atom. The van der Waals surface area contributed by atoms with Gasteiger partial charge in [-0.2, -0.15) is 0 Å². The molecule has 0 radical (unpaired) electrons. The lowest BCUT2D eigenvalue weighted by Gasteiger charge is -2.15. The zero-order valence-electron chi connectivity index (χ0n) is 16.3. The van der Waals surface area contributed by atoms with Crippen molar-refractivity contribution in [2.45, 2.75) is 14.7 Å². The highest BCUT2D eigenvalue weighted by molar-refractivity contribution is 7.97. The monoisotopic (exact) mass is 414 g/mol. The van der Waals surface area contributed by atoms with Gasteiger partial charge in [0.2, 0.25) is 11.1 Å². The van der Waals surface area contributed by atoms with Gasteiger partial charge in [0.05, 0.1) is 21.3 Å². The normalized spacial score (nSPS) is 9.93. The molecule has 0 unspecified atom stereocenters. The summed E-state index contributed by atoms with van der Waals surface area (Å²) in [7, 11) is 4.64. The molecule has 6 nitrogen and oxygen atoms in total. The van der Waals surface area contributed by atoms with E-state index in [4.69, 9.17) is 29.2 Å². The number of ether oxygens (including phenoxy) is 3. The van der Waals surface area contributed by atoms with E-state index < -0.39 is 6.16 Å². The van der Waals surface area contributed by atoms with Gasteiger partial charge in [0.15, 0.2) is 21.3 Å². The van der Waals surface area contributed by atoms with Crippen LogP contribution in [0.4, 0.5) is 4.79 Å². The predicted molar refractivity (Wildman–Crippen MR) is 109 cm³/mol. The van der Waals surface area contributed by atoms with Crippen LogP contribution in [0.25, 0.3) is 0 Å². The Labute approximate surface area is 172 Å². The van der Waals surface area contributed by atoms with Crippen molar-refractivity contribution in [2.75, 3.05) is 21.3 Å². The second kappa shape index (κ2) is 10.9. The van der Waals surface area contributed by atoms with E-state index in [9.17, 15) is 0 Å². The minimum absolute atomic E-state index is 0.353. The van der Waals surface area contributed by atoms with Crippen LogP contribution in [0.1, 0.15) is 0 Å². The molecule has 0 heterocycles. The molecule has 0 aliphatic carbocycles. The minimum Gasteiger partial charge on any atom is -0.565 e. The van der Waals surface area contributed by atoms with Gasteiger partial charge in [0, 0.05) is 12.1 Å². The Bertz CT molecular complexity index is 847. The van der Waals surface area contributed by atoms with Gasteiger partial charge in [-0.25, -0.2) is 0 Å². The number of hydrogen-bond acceptors (Lipinski definition) is 5. The average molecular weight is 414 g/mol. The molecule has 0 bridgehead atoms. The maximum atomic E-state index is 8.44. The maximum absolute atomic E-state index is 8.44. The molecule has 29 heavy (non-hydrogen) atoms. The summed E-state index contributed by atoms with van der Waals surface area (Å²) in [5.74, 6) is 2.22. The Kier molecular flexibility index (Phi) is 8.24. The van der Waals surface area contributed by atoms with Gasteiger partial charge in [0.25, 0.3) is 0 Å². The molecule has 0 aromatic heterocycles. The largest absolute Gasteiger partial charge is 0.565 e. The molecule has 0 aliphatic rings. The van der Waals surface area contributed by atoms with E-state index in [1.54, 1.807) is 21.3 Å². The van der Waals surface area contributed by atoms with Crippen molar-refractivity contribution in [2.24, 2.45) is 0 Å². The van der Waals surface area contributed by atoms with Crippen LogP contribution in [-0.2, 0) is 10.9 Å². The van der Waals surface area contributed by atoms with Crippen LogP contribution < -0.4 is 19.3 Å². The zero-order valence-corrected chi connectivity index (χ0v) is 17.1. The van der Waals surface area contributed by atoms with E-state index in [1.807, 2.05) is 24.3 Å². The predicted octanol–water partition coefficient (Wildman–Crippen LogP) is 3.70. The molecule has 0 fully saturated rings. The van der Waals surface area contributed by atoms with Gasteiger partial charge in [-0.15, -0.1) is 0 Å². The maximum Gasteiger partial charge on any atom is 0.250 e. The van der Waals surface area contributed by atoms with Crippen LogP contribution in [0.15, 0.2) is 87.5 Å². The summed E-state index contributed by atoms with van der Waals surface area (Å²) in [5.41, 5.74) is 0. The first-order valence-electron chi connectivity index (χ1n) is 8.56. The Balaban J connectivity index is 0.000000687. The third kappa shape index (κ3) is 5.83. The number of methoxy groups -OCH3 is 3. The molecule has 0 saturated carbocycles. The molecule has 0 aliphatic heterocycles. The van der Waals surface area contributed by atoms with Crippen LogP contribution in [0.3, 0.4) is 0 Å². The number of hydrogen-bond donors (Lipinski definition) is 1. The van der Waals surface area contributed by atoms with Crippen molar-refractivity contribution < 1.29 is 29.2 Å². The van der Waals surface area contributed by atoms with E-state index in [0.29, 0.717) is 5.75 Å². The second-order valence-corrected chi connectivity index (χ2v) is 7.52. The quantitative estimate of drug-likeness (QED) is 0.619. The Hall–Kier alpha value is -3.32. The van der Waals surface area contributed by atoms with Gasteiger partial charge in [-0.1, -0.05) is 36.4 Å². The van der Waals surface area contributed by atoms with E-state index in [1.165, 1.54) is 9.79 Å². The van der Waals surface area contributed by atoms with Crippen molar-refractivity contribution in [3.8, 4) is 17.2 Å². The molecule has 152 valence electrons. The van der Waals surface area contributed by atoms with Gasteiger partial charge in [-0.05, 0) is 24.3 Å². The van der Waals surface area contributed by atoms with Gasteiger partial charge < -0.3 is 29.2 Å². The van der Waals surface area contributed by atoms with Crippen LogP contribution >= 0.6 is 0 Å². The molecule has 0 atom stereocenters. The highest BCUT2D eigenvalue weighted by Gasteiger charge is 2.36. The van der Waals surface area contributed by atoms with Gasteiger partial charge in [-0.3, -0.25) is 0 Å². The van der Waals surface area contributed by atoms with Crippen LogP contribution in [-0.4, -0.2) is 32.6 Å². The molecule has 0 amide bonds. The highest BCUT2D eigenvalue weighted by atomic mass is 32.2. The molecule has 0 spiro atoms. The third-order valence-corrected chi connectivity index (χ3v) is 6.13. The van der Waals surface area contributed by atoms with Crippen molar-refractivity contribution in [3.63, 3.8) is 0 Å². The standard InChI is InChI=1S/C21H21O3S.CH2O3/c1-22-16-14-19(23-2)21(20(15-16)24-3)25(17-10-6-4-7-11-17)18-12-8-5-9-13-18;2-1(3)4/h4-15H,1-3H3;(H2,2,3,4)/q+1;/p-1. The smallest absolute Gasteiger partial charge is 0.250 e. The van der Waals surface area contributed by atoms with E-state index in [0.717, 1.165) is 16.4 Å². The number of carbonyl (C=O) groups is 1. The summed E-state index contributed by atoms with van der Waals surface area (Å²) in [4.78, 5) is 11.9. The van der Waals surface area contributed by atoms with E-state index in [-0.39, 0.29) is 10.9 Å². The van der Waals surface area contributed by atoms with Gasteiger partial charge >= 0.3 is 0 Å². The summed E-state index contributed by atoms with van der Waals surface area (Å²) in [6.07, 6.45) is -2.08. The van der Waals surface area contributed by atoms with Crippen LogP contribution in [0.2, 0.25) is 0 Å². The number of rotatable bonds is 6. The molecule has 3 aromatic carbocycles. The van der Waals surface area contributed by atoms with Crippen molar-refractivity contribution in [3.05, 3.63) is 72.8 Å². The van der Waals surface area contributed by atoms with Crippen molar-refractivity contribution in [1.29, 1.82) is 0 Å². The molecular formula is C22H22O6S. The summed E-state index contributed by atoms with van der Waals surface area (Å²) >= 11 is 0. The first-order valence-corrected chi connectivity index (χ1v) is 9.78. The molecule has 0 saturated heterocycles. The first-order chi connectivity index (χ1) is 14.0.